The lowest BCUT2D eigenvalue weighted by Crippen LogP contribution is -2.46. The van der Waals surface area contributed by atoms with E-state index in [9.17, 15) is 18.0 Å². The Morgan fingerprint density at radius 1 is 1.14 bits per heavy atom. The Hall–Kier alpha value is -2.46. The van der Waals surface area contributed by atoms with Crippen LogP contribution in [0.5, 0.6) is 0 Å². The van der Waals surface area contributed by atoms with Crippen LogP contribution in [0.25, 0.3) is 0 Å². The lowest BCUT2D eigenvalue weighted by Gasteiger charge is -2.33. The molecule has 3 N–H and O–H groups in total. The molecular formula is C25H33ClN4O4S. The van der Waals surface area contributed by atoms with Crippen LogP contribution in [-0.2, 0) is 26.2 Å². The van der Waals surface area contributed by atoms with Crippen LogP contribution in [0.4, 0.5) is 0 Å². The van der Waals surface area contributed by atoms with Crippen molar-refractivity contribution in [3.05, 3.63) is 64.2 Å². The maximum absolute atomic E-state index is 12.8. The molecule has 1 fully saturated rings. The Morgan fingerprint density at radius 2 is 1.80 bits per heavy atom. The second-order valence-electron chi connectivity index (χ2n) is 8.81. The third-order valence-electron chi connectivity index (χ3n) is 6.05. The van der Waals surface area contributed by atoms with Crippen molar-refractivity contribution in [3.8, 4) is 0 Å². The highest BCUT2D eigenvalue weighted by molar-refractivity contribution is 7.89. The highest BCUT2D eigenvalue weighted by atomic mass is 35.5. The summed E-state index contributed by atoms with van der Waals surface area (Å²) in [5.74, 6) is -0.305. The minimum Gasteiger partial charge on any atom is -0.352 e. The Morgan fingerprint density at radius 3 is 2.40 bits per heavy atom. The summed E-state index contributed by atoms with van der Waals surface area (Å²) in [5, 5.41) is 9.70. The molecule has 0 saturated carbocycles. The molecule has 3 rings (SSSR count). The van der Waals surface area contributed by atoms with E-state index in [-0.39, 0.29) is 35.1 Å². The van der Waals surface area contributed by atoms with Crippen LogP contribution in [0.2, 0.25) is 5.02 Å². The van der Waals surface area contributed by atoms with Gasteiger partial charge < -0.3 is 10.6 Å². The van der Waals surface area contributed by atoms with Crippen LogP contribution in [0.1, 0.15) is 63.0 Å². The van der Waals surface area contributed by atoms with Gasteiger partial charge in [-0.2, -0.15) is 4.31 Å². The first-order chi connectivity index (χ1) is 16.6. The van der Waals surface area contributed by atoms with E-state index in [1.807, 2.05) is 26.0 Å². The minimum atomic E-state index is -3.55. The van der Waals surface area contributed by atoms with Gasteiger partial charge in [0.2, 0.25) is 21.8 Å². The molecule has 2 unspecified atom stereocenters. The van der Waals surface area contributed by atoms with E-state index in [4.69, 9.17) is 11.6 Å². The molecule has 2 amide bonds. The Labute approximate surface area is 212 Å². The van der Waals surface area contributed by atoms with Crippen molar-refractivity contribution >= 4 is 33.4 Å². The molecule has 1 aliphatic rings. The van der Waals surface area contributed by atoms with Gasteiger partial charge >= 0.3 is 0 Å². The molecule has 190 valence electrons. The average Bonchev–Trinajstić information content (AvgIpc) is 2.83. The zero-order valence-electron chi connectivity index (χ0n) is 20.5. The first kappa shape index (κ1) is 27.1. The maximum Gasteiger partial charge on any atom is 0.243 e. The van der Waals surface area contributed by atoms with Crippen LogP contribution in [0, 0.1) is 5.92 Å². The molecular weight excluding hydrogens is 488 g/mol. The standard InChI is InChI=1S/C25H33ClN4O4S/c1-5-30(6-2)35(33,34)19-10-8-18(9-11-19)22-14-23(31)29-24(28-22)20-13-17(7-12-21(20)26)15-27-25(32)16(3)4/h7-13,16,22,24,28H,5-6,14-15H2,1-4H3,(H,27,32)(H,29,31). The van der Waals surface area contributed by atoms with Crippen LogP contribution >= 0.6 is 11.6 Å². The molecule has 2 aromatic carbocycles. The van der Waals surface area contributed by atoms with Gasteiger partial charge in [0.1, 0.15) is 6.17 Å². The van der Waals surface area contributed by atoms with Crippen LogP contribution in [0.15, 0.2) is 47.4 Å². The summed E-state index contributed by atoms with van der Waals surface area (Å²) in [6, 6.07) is 11.8. The quantitative estimate of drug-likeness (QED) is 0.469. The number of carbonyl (C=O) groups is 2. The molecule has 8 nitrogen and oxygen atoms in total. The number of nitrogens with one attached hydrogen (secondary N) is 3. The largest absolute Gasteiger partial charge is 0.352 e. The summed E-state index contributed by atoms with van der Waals surface area (Å²) < 4.78 is 27.0. The smallest absolute Gasteiger partial charge is 0.243 e. The van der Waals surface area contributed by atoms with Crippen molar-refractivity contribution in [2.75, 3.05) is 13.1 Å². The summed E-state index contributed by atoms with van der Waals surface area (Å²) in [4.78, 5) is 24.7. The number of halogens is 1. The number of hydrogen-bond donors (Lipinski definition) is 3. The number of benzene rings is 2. The normalized spacial score (nSPS) is 18.5. The Balaban J connectivity index is 1.80. The number of carbonyl (C=O) groups excluding carboxylic acids is 2. The van der Waals surface area contributed by atoms with Gasteiger partial charge in [-0.15, -0.1) is 0 Å². The molecule has 1 saturated heterocycles. The second kappa shape index (κ2) is 11.5. The monoisotopic (exact) mass is 520 g/mol. The van der Waals surface area contributed by atoms with Gasteiger partial charge in [-0.05, 0) is 35.4 Å². The van der Waals surface area contributed by atoms with E-state index in [2.05, 4.69) is 16.0 Å². The zero-order chi connectivity index (χ0) is 25.8. The fourth-order valence-electron chi connectivity index (χ4n) is 3.99. The summed E-state index contributed by atoms with van der Waals surface area (Å²) in [6.07, 6.45) is -0.325. The molecule has 0 aromatic heterocycles. The molecule has 0 bridgehead atoms. The maximum atomic E-state index is 12.8. The minimum absolute atomic E-state index is 0.0443. The van der Waals surface area contributed by atoms with Crippen LogP contribution in [0.3, 0.4) is 0 Å². The molecule has 35 heavy (non-hydrogen) atoms. The van der Waals surface area contributed by atoms with Crippen LogP contribution in [-0.4, -0.2) is 37.6 Å². The SMILES string of the molecule is CCN(CC)S(=O)(=O)c1ccc(C2CC(=O)NC(c3cc(CNC(=O)C(C)C)ccc3Cl)N2)cc1. The molecule has 2 aromatic rings. The molecule has 0 radical (unpaired) electrons. The van der Waals surface area contributed by atoms with Crippen LogP contribution < -0.4 is 16.0 Å². The summed E-state index contributed by atoms with van der Waals surface area (Å²) in [6.45, 7) is 8.41. The summed E-state index contributed by atoms with van der Waals surface area (Å²) in [5.41, 5.74) is 2.36. The predicted octanol–water partition coefficient (Wildman–Crippen LogP) is 3.49. The lowest BCUT2D eigenvalue weighted by atomic mass is 9.98. The third-order valence-corrected chi connectivity index (χ3v) is 8.46. The molecule has 2 atom stereocenters. The lowest BCUT2D eigenvalue weighted by molar-refractivity contribution is -0.125. The zero-order valence-corrected chi connectivity index (χ0v) is 22.0. The van der Waals surface area contributed by atoms with Crippen molar-refractivity contribution in [2.24, 2.45) is 5.92 Å². The highest BCUT2D eigenvalue weighted by Gasteiger charge is 2.30. The van der Waals surface area contributed by atoms with Crippen molar-refractivity contribution < 1.29 is 18.0 Å². The number of amides is 2. The molecule has 10 heteroatoms. The van der Waals surface area contributed by atoms with Crippen molar-refractivity contribution in [3.63, 3.8) is 0 Å². The summed E-state index contributed by atoms with van der Waals surface area (Å²) >= 11 is 6.46. The van der Waals surface area contributed by atoms with E-state index in [0.29, 0.717) is 30.2 Å². The van der Waals surface area contributed by atoms with E-state index in [1.54, 1.807) is 44.2 Å². The van der Waals surface area contributed by atoms with Crippen molar-refractivity contribution in [1.29, 1.82) is 0 Å². The van der Waals surface area contributed by atoms with Gasteiger partial charge in [0.25, 0.3) is 0 Å². The molecule has 0 aliphatic carbocycles. The predicted molar refractivity (Wildman–Crippen MR) is 136 cm³/mol. The van der Waals surface area contributed by atoms with Gasteiger partial charge in [-0.25, -0.2) is 8.42 Å². The molecule has 1 aliphatic heterocycles. The molecule has 0 spiro atoms. The Bertz CT molecular complexity index is 1160. The van der Waals surface area contributed by atoms with Gasteiger partial charge in [-0.1, -0.05) is 57.5 Å². The number of rotatable bonds is 9. The van der Waals surface area contributed by atoms with Crippen molar-refractivity contribution in [2.45, 2.75) is 57.8 Å². The van der Waals surface area contributed by atoms with Crippen molar-refractivity contribution in [1.82, 2.24) is 20.3 Å². The average molecular weight is 521 g/mol. The topological polar surface area (TPSA) is 108 Å². The first-order valence-electron chi connectivity index (χ1n) is 11.8. The number of hydrogen-bond acceptors (Lipinski definition) is 5. The van der Waals surface area contributed by atoms with Gasteiger partial charge in [0.15, 0.2) is 0 Å². The Kier molecular flexibility index (Phi) is 8.93. The van der Waals surface area contributed by atoms with E-state index < -0.39 is 16.2 Å². The number of nitrogens with zero attached hydrogens (tertiary/aromatic N) is 1. The highest BCUT2D eigenvalue weighted by Crippen LogP contribution is 2.30. The van der Waals surface area contributed by atoms with Gasteiger partial charge in [-0.3, -0.25) is 14.9 Å². The van der Waals surface area contributed by atoms with Gasteiger partial charge in [0, 0.05) is 48.6 Å². The fourth-order valence-corrected chi connectivity index (χ4v) is 5.68. The van der Waals surface area contributed by atoms with E-state index >= 15 is 0 Å². The second-order valence-corrected chi connectivity index (χ2v) is 11.2. The van der Waals surface area contributed by atoms with Gasteiger partial charge in [0.05, 0.1) is 4.90 Å². The first-order valence-corrected chi connectivity index (χ1v) is 13.6. The number of sulfonamides is 1. The molecule has 1 heterocycles. The fraction of sp³-hybridized carbons (Fsp3) is 0.440. The van der Waals surface area contributed by atoms with E-state index in [1.165, 1.54) is 4.31 Å². The third kappa shape index (κ3) is 6.41. The van der Waals surface area contributed by atoms with E-state index in [0.717, 1.165) is 11.1 Å². The summed E-state index contributed by atoms with van der Waals surface area (Å²) in [7, 11) is -3.55.